The van der Waals surface area contributed by atoms with Gasteiger partial charge in [0.15, 0.2) is 0 Å². The van der Waals surface area contributed by atoms with E-state index in [1.54, 1.807) is 6.07 Å². The van der Waals surface area contributed by atoms with Gasteiger partial charge in [-0.2, -0.15) is 5.26 Å². The second kappa shape index (κ2) is 4.61. The van der Waals surface area contributed by atoms with E-state index in [1.165, 1.54) is 12.4 Å². The first-order chi connectivity index (χ1) is 6.74. The summed E-state index contributed by atoms with van der Waals surface area (Å²) in [5, 5.41) is 12.4. The third-order valence-electron chi connectivity index (χ3n) is 1.26. The predicted octanol–water partition coefficient (Wildman–Crippen LogP) is -1.01. The smallest absolute Gasteiger partial charge is 0.316 e. The van der Waals surface area contributed by atoms with Gasteiger partial charge < -0.3 is 10.3 Å². The van der Waals surface area contributed by atoms with Gasteiger partial charge in [0.25, 0.3) is 0 Å². The van der Waals surface area contributed by atoms with E-state index in [9.17, 15) is 9.59 Å². The number of rotatable bonds is 2. The molecule has 0 saturated carbocycles. The molecule has 0 spiro atoms. The van der Waals surface area contributed by atoms with E-state index in [-0.39, 0.29) is 12.5 Å². The van der Waals surface area contributed by atoms with Crippen molar-refractivity contribution in [3.05, 3.63) is 12.4 Å². The molecule has 1 aromatic rings. The Morgan fingerprint density at radius 1 is 1.57 bits per heavy atom. The minimum Gasteiger partial charge on any atom is -0.335 e. The minimum absolute atomic E-state index is 0.183. The number of amides is 2. The Morgan fingerprint density at radius 2 is 2.36 bits per heavy atom. The molecule has 0 aromatic carbocycles. The maximum Gasteiger partial charge on any atom is 0.316 e. The number of hydrogen-bond acceptors (Lipinski definition) is 4. The zero-order chi connectivity index (χ0) is 10.4. The quantitative estimate of drug-likeness (QED) is 0.412. The number of H-pyrrole nitrogens is 1. The topological polar surface area (TPSA) is 111 Å². The molecule has 0 radical (unpaired) electrons. The number of carbonyl (C=O) groups is 2. The highest BCUT2D eigenvalue weighted by Gasteiger charge is 2.13. The Balaban J connectivity index is 2.43. The molecule has 3 N–H and O–H groups in total. The van der Waals surface area contributed by atoms with E-state index < -0.39 is 11.8 Å². The van der Waals surface area contributed by atoms with Crippen molar-refractivity contribution in [1.29, 1.82) is 5.26 Å². The molecule has 0 unspecified atom stereocenters. The fourth-order valence-electron chi connectivity index (χ4n) is 0.698. The van der Waals surface area contributed by atoms with Crippen molar-refractivity contribution in [3.63, 3.8) is 0 Å². The summed E-state index contributed by atoms with van der Waals surface area (Å²) in [4.78, 5) is 28.2. The van der Waals surface area contributed by atoms with Gasteiger partial charge in [-0.1, -0.05) is 0 Å². The first-order valence-electron chi connectivity index (χ1n) is 3.69. The van der Waals surface area contributed by atoms with Gasteiger partial charge in [0, 0.05) is 12.4 Å². The van der Waals surface area contributed by atoms with E-state index in [0.29, 0.717) is 0 Å². The summed E-state index contributed by atoms with van der Waals surface area (Å²) in [6.45, 7) is -0.204. The molecule has 14 heavy (non-hydrogen) atoms. The number of hydrogen-bond donors (Lipinski definition) is 3. The Morgan fingerprint density at radius 3 is 2.93 bits per heavy atom. The van der Waals surface area contributed by atoms with Crippen molar-refractivity contribution in [2.24, 2.45) is 0 Å². The maximum absolute atomic E-state index is 11.0. The monoisotopic (exact) mass is 193 g/mol. The SMILES string of the molecule is N#CCNC(=O)C(=O)Nc1ncc[nH]1. The van der Waals surface area contributed by atoms with Gasteiger partial charge in [-0.15, -0.1) is 0 Å². The Labute approximate surface area is 79.1 Å². The molecule has 0 saturated heterocycles. The van der Waals surface area contributed by atoms with Crippen LogP contribution in [-0.4, -0.2) is 28.3 Å². The molecule has 0 fully saturated rings. The number of imidazole rings is 1. The first-order valence-corrected chi connectivity index (χ1v) is 3.69. The van der Waals surface area contributed by atoms with Gasteiger partial charge in [-0.25, -0.2) is 4.98 Å². The molecule has 0 bridgehead atoms. The first kappa shape index (κ1) is 9.73. The fraction of sp³-hybridized carbons (Fsp3) is 0.143. The highest BCUT2D eigenvalue weighted by molar-refractivity contribution is 6.39. The second-order valence-corrected chi connectivity index (χ2v) is 2.23. The molecule has 1 rings (SSSR count). The van der Waals surface area contributed by atoms with Crippen molar-refractivity contribution in [2.75, 3.05) is 11.9 Å². The van der Waals surface area contributed by atoms with Crippen LogP contribution in [0.25, 0.3) is 0 Å². The van der Waals surface area contributed by atoms with Gasteiger partial charge in [0.2, 0.25) is 5.95 Å². The number of aromatic nitrogens is 2. The molecule has 2 amide bonds. The van der Waals surface area contributed by atoms with E-state index in [2.05, 4.69) is 20.6 Å². The van der Waals surface area contributed by atoms with Crippen LogP contribution < -0.4 is 10.6 Å². The third kappa shape index (κ3) is 2.60. The molecule has 0 aliphatic carbocycles. The van der Waals surface area contributed by atoms with Crippen molar-refractivity contribution in [1.82, 2.24) is 15.3 Å². The molecule has 72 valence electrons. The predicted molar refractivity (Wildman–Crippen MR) is 45.8 cm³/mol. The fourth-order valence-corrected chi connectivity index (χ4v) is 0.698. The maximum atomic E-state index is 11.0. The summed E-state index contributed by atoms with van der Waals surface area (Å²) < 4.78 is 0. The highest BCUT2D eigenvalue weighted by atomic mass is 16.2. The molecule has 7 heteroatoms. The summed E-state index contributed by atoms with van der Waals surface area (Å²) in [7, 11) is 0. The van der Waals surface area contributed by atoms with Crippen LogP contribution in [0.15, 0.2) is 12.4 Å². The lowest BCUT2D eigenvalue weighted by atomic mass is 10.5. The number of nitrogens with one attached hydrogen (secondary N) is 3. The Hall–Kier alpha value is -2.36. The molecule has 1 aromatic heterocycles. The van der Waals surface area contributed by atoms with Crippen molar-refractivity contribution in [3.8, 4) is 6.07 Å². The highest BCUT2D eigenvalue weighted by Crippen LogP contribution is 1.93. The lowest BCUT2D eigenvalue weighted by Gasteiger charge is -1.99. The number of carbonyl (C=O) groups excluding carboxylic acids is 2. The van der Waals surface area contributed by atoms with Crippen LogP contribution in [0.2, 0.25) is 0 Å². The normalized spacial score (nSPS) is 8.79. The van der Waals surface area contributed by atoms with E-state index >= 15 is 0 Å². The number of aromatic amines is 1. The summed E-state index contributed by atoms with van der Waals surface area (Å²) in [6.07, 6.45) is 2.94. The van der Waals surface area contributed by atoms with Gasteiger partial charge in [-0.05, 0) is 0 Å². The van der Waals surface area contributed by atoms with Crippen LogP contribution in [0.3, 0.4) is 0 Å². The van der Waals surface area contributed by atoms with Gasteiger partial charge in [0.05, 0.1) is 6.07 Å². The lowest BCUT2D eigenvalue weighted by Crippen LogP contribution is -2.35. The number of nitriles is 1. The second-order valence-electron chi connectivity index (χ2n) is 2.23. The van der Waals surface area contributed by atoms with Crippen LogP contribution in [0.1, 0.15) is 0 Å². The largest absolute Gasteiger partial charge is 0.335 e. The van der Waals surface area contributed by atoms with E-state index in [4.69, 9.17) is 5.26 Å². The van der Waals surface area contributed by atoms with E-state index in [0.717, 1.165) is 0 Å². The zero-order valence-electron chi connectivity index (χ0n) is 7.07. The molecule has 0 aliphatic heterocycles. The lowest BCUT2D eigenvalue weighted by molar-refractivity contribution is -0.136. The van der Waals surface area contributed by atoms with Crippen LogP contribution in [0, 0.1) is 11.3 Å². The molecular weight excluding hydrogens is 186 g/mol. The summed E-state index contributed by atoms with van der Waals surface area (Å²) in [5.41, 5.74) is 0. The van der Waals surface area contributed by atoms with Crippen molar-refractivity contribution >= 4 is 17.8 Å². The minimum atomic E-state index is -0.872. The summed E-state index contributed by atoms with van der Waals surface area (Å²) in [5.74, 6) is -1.56. The molecule has 1 heterocycles. The summed E-state index contributed by atoms with van der Waals surface area (Å²) in [6, 6.07) is 1.68. The van der Waals surface area contributed by atoms with Gasteiger partial charge >= 0.3 is 11.8 Å². The molecule has 0 atom stereocenters. The van der Waals surface area contributed by atoms with Crippen LogP contribution in [-0.2, 0) is 9.59 Å². The zero-order valence-corrected chi connectivity index (χ0v) is 7.07. The van der Waals surface area contributed by atoms with E-state index in [1.807, 2.05) is 0 Å². The molecule has 7 nitrogen and oxygen atoms in total. The number of anilines is 1. The summed E-state index contributed by atoms with van der Waals surface area (Å²) >= 11 is 0. The van der Waals surface area contributed by atoms with Gasteiger partial charge in [-0.3, -0.25) is 14.9 Å². The van der Waals surface area contributed by atoms with Gasteiger partial charge in [0.1, 0.15) is 6.54 Å². The standard InChI is InChI=1S/C7H7N5O2/c8-1-2-9-5(13)6(14)12-7-10-3-4-11-7/h3-4H,2H2,(H,9,13)(H2,10,11,12,14). The van der Waals surface area contributed by atoms with Crippen molar-refractivity contribution in [2.45, 2.75) is 0 Å². The number of nitrogens with zero attached hydrogens (tertiary/aromatic N) is 2. The van der Waals surface area contributed by atoms with Crippen LogP contribution in [0.4, 0.5) is 5.95 Å². The average Bonchev–Trinajstić information content (AvgIpc) is 2.66. The molecular formula is C7H7N5O2. The average molecular weight is 193 g/mol. The third-order valence-corrected chi connectivity index (χ3v) is 1.26. The van der Waals surface area contributed by atoms with Crippen LogP contribution in [0.5, 0.6) is 0 Å². The Kier molecular flexibility index (Phi) is 3.20. The van der Waals surface area contributed by atoms with Crippen molar-refractivity contribution < 1.29 is 9.59 Å². The van der Waals surface area contributed by atoms with Crippen LogP contribution >= 0.6 is 0 Å². The Bertz CT molecular complexity index is 364. The molecule has 0 aliphatic rings.